The van der Waals surface area contributed by atoms with Crippen molar-refractivity contribution in [2.45, 2.75) is 12.8 Å². The first kappa shape index (κ1) is 14.9. The van der Waals surface area contributed by atoms with E-state index in [-0.39, 0.29) is 31.0 Å². The van der Waals surface area contributed by atoms with Gasteiger partial charge in [0, 0.05) is 13.6 Å². The summed E-state index contributed by atoms with van der Waals surface area (Å²) in [6, 6.07) is 4.29. The van der Waals surface area contributed by atoms with E-state index < -0.39 is 11.8 Å². The Bertz CT molecular complexity index is 476. The Morgan fingerprint density at radius 2 is 2.11 bits per heavy atom. The Hall–Kier alpha value is -2.11. The van der Waals surface area contributed by atoms with Gasteiger partial charge in [0.2, 0.25) is 5.91 Å². The summed E-state index contributed by atoms with van der Waals surface area (Å²) in [7, 11) is 2.88. The van der Waals surface area contributed by atoms with Crippen LogP contribution >= 0.6 is 0 Å². The number of methoxy groups -OCH3 is 1. The predicted octanol–water partition coefficient (Wildman–Crippen LogP) is 1.31. The number of halogens is 1. The molecular formula is C13H16FNO4. The maximum absolute atomic E-state index is 13.4. The van der Waals surface area contributed by atoms with Gasteiger partial charge in [-0.25, -0.2) is 4.39 Å². The average Bonchev–Trinajstić information content (AvgIpc) is 2.36. The van der Waals surface area contributed by atoms with Gasteiger partial charge in [-0.05, 0) is 17.7 Å². The van der Waals surface area contributed by atoms with Crippen LogP contribution < -0.4 is 4.74 Å². The Labute approximate surface area is 110 Å². The van der Waals surface area contributed by atoms with Crippen LogP contribution in [0, 0.1) is 5.82 Å². The molecule has 104 valence electrons. The SMILES string of the molecule is COc1ccc(CC(=O)N(C)CCC(=O)O)cc1F. The molecule has 0 spiro atoms. The molecule has 1 N–H and O–H groups in total. The molecule has 0 saturated heterocycles. The number of rotatable bonds is 6. The fourth-order valence-electron chi connectivity index (χ4n) is 1.52. The number of hydrogen-bond acceptors (Lipinski definition) is 3. The number of hydrogen-bond donors (Lipinski definition) is 1. The first-order valence-electron chi connectivity index (χ1n) is 5.72. The fourth-order valence-corrected chi connectivity index (χ4v) is 1.52. The fraction of sp³-hybridized carbons (Fsp3) is 0.385. The molecule has 6 heteroatoms. The van der Waals surface area contributed by atoms with Crippen LogP contribution in [-0.4, -0.2) is 42.6 Å². The van der Waals surface area contributed by atoms with Crippen LogP contribution in [0.3, 0.4) is 0 Å². The number of carbonyl (C=O) groups is 2. The molecule has 0 radical (unpaired) electrons. The van der Waals surface area contributed by atoms with E-state index in [4.69, 9.17) is 9.84 Å². The van der Waals surface area contributed by atoms with Gasteiger partial charge >= 0.3 is 5.97 Å². The zero-order chi connectivity index (χ0) is 14.4. The Balaban J connectivity index is 2.61. The topological polar surface area (TPSA) is 66.8 Å². The lowest BCUT2D eigenvalue weighted by molar-refractivity contribution is -0.138. The first-order valence-corrected chi connectivity index (χ1v) is 5.72. The van der Waals surface area contributed by atoms with Gasteiger partial charge in [0.25, 0.3) is 0 Å². The van der Waals surface area contributed by atoms with Crippen molar-refractivity contribution in [2.24, 2.45) is 0 Å². The summed E-state index contributed by atoms with van der Waals surface area (Å²) >= 11 is 0. The van der Waals surface area contributed by atoms with Crippen molar-refractivity contribution in [2.75, 3.05) is 20.7 Å². The van der Waals surface area contributed by atoms with E-state index in [9.17, 15) is 14.0 Å². The minimum Gasteiger partial charge on any atom is -0.494 e. The molecule has 0 atom stereocenters. The number of carboxylic acid groups (broad SMARTS) is 1. The van der Waals surface area contributed by atoms with Gasteiger partial charge in [-0.1, -0.05) is 6.07 Å². The highest BCUT2D eigenvalue weighted by molar-refractivity contribution is 5.79. The molecule has 1 aromatic carbocycles. The average molecular weight is 269 g/mol. The van der Waals surface area contributed by atoms with Crippen molar-refractivity contribution in [3.05, 3.63) is 29.6 Å². The standard InChI is InChI=1S/C13H16FNO4/c1-15(6-5-13(17)18)12(16)8-9-3-4-11(19-2)10(14)7-9/h3-4,7H,5-6,8H2,1-2H3,(H,17,18). The van der Waals surface area contributed by atoms with Gasteiger partial charge in [-0.15, -0.1) is 0 Å². The molecule has 0 bridgehead atoms. The molecule has 1 amide bonds. The zero-order valence-electron chi connectivity index (χ0n) is 10.9. The molecule has 0 heterocycles. The molecule has 1 aromatic rings. The van der Waals surface area contributed by atoms with Crippen molar-refractivity contribution in [3.63, 3.8) is 0 Å². The number of carboxylic acids is 1. The van der Waals surface area contributed by atoms with E-state index in [0.29, 0.717) is 5.56 Å². The number of aliphatic carboxylic acids is 1. The quantitative estimate of drug-likeness (QED) is 0.845. The van der Waals surface area contributed by atoms with Crippen LogP contribution in [-0.2, 0) is 16.0 Å². The monoisotopic (exact) mass is 269 g/mol. The molecule has 0 aliphatic rings. The maximum atomic E-state index is 13.4. The Morgan fingerprint density at radius 1 is 1.42 bits per heavy atom. The molecule has 19 heavy (non-hydrogen) atoms. The smallest absolute Gasteiger partial charge is 0.305 e. The largest absolute Gasteiger partial charge is 0.494 e. The van der Waals surface area contributed by atoms with Crippen LogP contribution in [0.2, 0.25) is 0 Å². The summed E-state index contributed by atoms with van der Waals surface area (Å²) in [6.45, 7) is 0.132. The summed E-state index contributed by atoms with van der Waals surface area (Å²) < 4.78 is 18.2. The molecule has 0 saturated carbocycles. The van der Waals surface area contributed by atoms with Gasteiger partial charge in [0.05, 0.1) is 20.0 Å². The van der Waals surface area contributed by atoms with E-state index in [1.807, 2.05) is 0 Å². The van der Waals surface area contributed by atoms with E-state index >= 15 is 0 Å². The summed E-state index contributed by atoms with van der Waals surface area (Å²) in [5.41, 5.74) is 0.519. The maximum Gasteiger partial charge on any atom is 0.305 e. The second-order valence-corrected chi connectivity index (χ2v) is 4.10. The molecule has 0 aliphatic carbocycles. The Morgan fingerprint density at radius 3 is 2.63 bits per heavy atom. The lowest BCUT2D eigenvalue weighted by Gasteiger charge is -2.16. The van der Waals surface area contributed by atoms with E-state index in [1.54, 1.807) is 6.07 Å². The number of nitrogens with zero attached hydrogens (tertiary/aromatic N) is 1. The third-order valence-electron chi connectivity index (χ3n) is 2.66. The third kappa shape index (κ3) is 4.57. The zero-order valence-corrected chi connectivity index (χ0v) is 10.9. The van der Waals surface area contributed by atoms with E-state index in [1.165, 1.54) is 31.2 Å². The molecule has 1 rings (SSSR count). The summed E-state index contributed by atoms with van der Waals surface area (Å²) in [4.78, 5) is 23.5. The number of likely N-dealkylation sites (N-methyl/N-ethyl adjacent to an activating group) is 1. The van der Waals surface area contributed by atoms with Gasteiger partial charge in [0.1, 0.15) is 0 Å². The highest BCUT2D eigenvalue weighted by atomic mass is 19.1. The van der Waals surface area contributed by atoms with Gasteiger partial charge in [-0.3, -0.25) is 9.59 Å². The number of carbonyl (C=O) groups excluding carboxylic acids is 1. The normalized spacial score (nSPS) is 10.1. The van der Waals surface area contributed by atoms with Crippen LogP contribution in [0.15, 0.2) is 18.2 Å². The van der Waals surface area contributed by atoms with E-state index in [2.05, 4.69) is 0 Å². The second kappa shape index (κ2) is 6.72. The molecular weight excluding hydrogens is 253 g/mol. The van der Waals surface area contributed by atoms with E-state index in [0.717, 1.165) is 0 Å². The number of amides is 1. The second-order valence-electron chi connectivity index (χ2n) is 4.10. The van der Waals surface area contributed by atoms with Crippen molar-refractivity contribution in [3.8, 4) is 5.75 Å². The summed E-state index contributed by atoms with van der Waals surface area (Å²) in [6.07, 6.45) is -0.0871. The summed E-state index contributed by atoms with van der Waals surface area (Å²) in [5.74, 6) is -1.63. The molecule has 0 aromatic heterocycles. The minimum atomic E-state index is -0.963. The minimum absolute atomic E-state index is 0.0248. The van der Waals surface area contributed by atoms with Crippen molar-refractivity contribution >= 4 is 11.9 Å². The first-order chi connectivity index (χ1) is 8.93. The van der Waals surface area contributed by atoms with Crippen LogP contribution in [0.4, 0.5) is 4.39 Å². The third-order valence-corrected chi connectivity index (χ3v) is 2.66. The van der Waals surface area contributed by atoms with Crippen LogP contribution in [0.5, 0.6) is 5.75 Å². The van der Waals surface area contributed by atoms with Crippen LogP contribution in [0.25, 0.3) is 0 Å². The van der Waals surface area contributed by atoms with Crippen molar-refractivity contribution in [1.29, 1.82) is 0 Å². The molecule has 0 fully saturated rings. The predicted molar refractivity (Wildman–Crippen MR) is 66.5 cm³/mol. The highest BCUT2D eigenvalue weighted by Crippen LogP contribution is 2.18. The molecule has 5 nitrogen and oxygen atoms in total. The van der Waals surface area contributed by atoms with Crippen molar-refractivity contribution in [1.82, 2.24) is 4.90 Å². The van der Waals surface area contributed by atoms with Gasteiger partial charge < -0.3 is 14.7 Å². The van der Waals surface area contributed by atoms with Crippen molar-refractivity contribution < 1.29 is 23.8 Å². The van der Waals surface area contributed by atoms with Crippen LogP contribution in [0.1, 0.15) is 12.0 Å². The lowest BCUT2D eigenvalue weighted by Crippen LogP contribution is -2.30. The lowest BCUT2D eigenvalue weighted by atomic mass is 10.1. The van der Waals surface area contributed by atoms with Gasteiger partial charge in [0.15, 0.2) is 11.6 Å². The molecule has 0 unspecified atom stereocenters. The highest BCUT2D eigenvalue weighted by Gasteiger charge is 2.12. The Kier molecular flexibility index (Phi) is 5.29. The molecule has 0 aliphatic heterocycles. The number of ether oxygens (including phenoxy) is 1. The summed E-state index contributed by atoms with van der Waals surface area (Å²) in [5, 5.41) is 8.53. The van der Waals surface area contributed by atoms with Gasteiger partial charge in [-0.2, -0.15) is 0 Å². The number of benzene rings is 1.